The molecule has 0 radical (unpaired) electrons. The number of nitrogen functional groups attached to an aromatic ring is 1. The highest BCUT2D eigenvalue weighted by Gasteiger charge is 2.14. The molecular formula is C14H22N4O2. The van der Waals surface area contributed by atoms with Crippen LogP contribution in [0.15, 0.2) is 24.3 Å². The molecule has 0 aliphatic heterocycles. The van der Waals surface area contributed by atoms with E-state index in [0.29, 0.717) is 12.2 Å². The summed E-state index contributed by atoms with van der Waals surface area (Å²) in [5.41, 5.74) is 12.5. The Kier molecular flexibility index (Phi) is 5.99. The van der Waals surface area contributed by atoms with Crippen molar-refractivity contribution in [1.82, 2.24) is 10.2 Å². The summed E-state index contributed by atoms with van der Waals surface area (Å²) in [7, 11) is 0. The van der Waals surface area contributed by atoms with Gasteiger partial charge in [-0.1, -0.05) is 12.1 Å². The average molecular weight is 278 g/mol. The number of hydrogen-bond donors (Lipinski definition) is 3. The average Bonchev–Trinajstić information content (AvgIpc) is 2.30. The highest BCUT2D eigenvalue weighted by Crippen LogP contribution is 2.08. The Labute approximate surface area is 119 Å². The molecule has 0 aliphatic carbocycles. The van der Waals surface area contributed by atoms with Crippen molar-refractivity contribution in [3.63, 3.8) is 0 Å². The Morgan fingerprint density at radius 3 is 2.30 bits per heavy atom. The van der Waals surface area contributed by atoms with Crippen LogP contribution in [0.1, 0.15) is 19.4 Å². The Morgan fingerprint density at radius 2 is 1.80 bits per heavy atom. The maximum atomic E-state index is 11.8. The van der Waals surface area contributed by atoms with Gasteiger partial charge in [0.25, 0.3) is 0 Å². The summed E-state index contributed by atoms with van der Waals surface area (Å²) >= 11 is 0. The molecule has 2 amide bonds. The molecule has 6 nitrogen and oxygen atoms in total. The third-order valence-corrected chi connectivity index (χ3v) is 2.58. The predicted octanol–water partition coefficient (Wildman–Crippen LogP) is 0.0807. The largest absolute Gasteiger partial charge is 0.399 e. The standard InChI is InChI=1S/C14H22N4O2/c1-10(2)17-14(20)9-18(8-13(16)19)7-11-3-5-12(15)6-4-11/h3-6,10H,7-9,15H2,1-2H3,(H2,16,19)(H,17,20). The molecule has 0 aliphatic rings. The van der Waals surface area contributed by atoms with Crippen LogP contribution in [0.2, 0.25) is 0 Å². The van der Waals surface area contributed by atoms with E-state index in [0.717, 1.165) is 5.56 Å². The van der Waals surface area contributed by atoms with Crippen molar-refractivity contribution in [2.45, 2.75) is 26.4 Å². The molecule has 5 N–H and O–H groups in total. The zero-order valence-corrected chi connectivity index (χ0v) is 11.9. The number of nitrogens with one attached hydrogen (secondary N) is 1. The number of nitrogens with two attached hydrogens (primary N) is 2. The fourth-order valence-corrected chi connectivity index (χ4v) is 1.84. The Bertz CT molecular complexity index is 457. The van der Waals surface area contributed by atoms with E-state index in [1.165, 1.54) is 0 Å². The van der Waals surface area contributed by atoms with Crippen molar-refractivity contribution in [3.8, 4) is 0 Å². The van der Waals surface area contributed by atoms with Crippen molar-refractivity contribution in [1.29, 1.82) is 0 Å². The first-order chi connectivity index (χ1) is 9.36. The number of carbonyl (C=O) groups excluding carboxylic acids is 2. The number of carbonyl (C=O) groups is 2. The second-order valence-electron chi connectivity index (χ2n) is 5.08. The molecule has 0 aromatic heterocycles. The minimum absolute atomic E-state index is 0.0376. The molecule has 0 bridgehead atoms. The SMILES string of the molecule is CC(C)NC(=O)CN(CC(N)=O)Cc1ccc(N)cc1. The summed E-state index contributed by atoms with van der Waals surface area (Å²) in [6.45, 7) is 4.41. The first-order valence-corrected chi connectivity index (χ1v) is 6.51. The molecular weight excluding hydrogens is 256 g/mol. The maximum Gasteiger partial charge on any atom is 0.234 e. The molecule has 0 saturated heterocycles. The van der Waals surface area contributed by atoms with E-state index < -0.39 is 5.91 Å². The van der Waals surface area contributed by atoms with Crippen molar-refractivity contribution >= 4 is 17.5 Å². The van der Waals surface area contributed by atoms with Gasteiger partial charge in [-0.15, -0.1) is 0 Å². The molecule has 0 fully saturated rings. The van der Waals surface area contributed by atoms with E-state index in [-0.39, 0.29) is 25.0 Å². The minimum atomic E-state index is -0.460. The maximum absolute atomic E-state index is 11.8. The van der Waals surface area contributed by atoms with Gasteiger partial charge in [0.2, 0.25) is 11.8 Å². The lowest BCUT2D eigenvalue weighted by Crippen LogP contribution is -2.42. The second-order valence-corrected chi connectivity index (χ2v) is 5.08. The molecule has 110 valence electrons. The van der Waals surface area contributed by atoms with E-state index in [2.05, 4.69) is 5.32 Å². The van der Waals surface area contributed by atoms with Crippen LogP contribution in [0, 0.1) is 0 Å². The van der Waals surface area contributed by atoms with Crippen LogP contribution in [-0.4, -0.2) is 35.8 Å². The van der Waals surface area contributed by atoms with E-state index in [1.54, 1.807) is 17.0 Å². The molecule has 0 saturated carbocycles. The van der Waals surface area contributed by atoms with Gasteiger partial charge in [0.15, 0.2) is 0 Å². The molecule has 0 unspecified atom stereocenters. The summed E-state index contributed by atoms with van der Waals surface area (Å²) in [6, 6.07) is 7.36. The molecule has 0 atom stereocenters. The van der Waals surface area contributed by atoms with Crippen molar-refractivity contribution in [2.75, 3.05) is 18.8 Å². The molecule has 20 heavy (non-hydrogen) atoms. The topological polar surface area (TPSA) is 101 Å². The van der Waals surface area contributed by atoms with Gasteiger partial charge in [0.1, 0.15) is 0 Å². The first kappa shape index (κ1) is 16.0. The minimum Gasteiger partial charge on any atom is -0.399 e. The van der Waals surface area contributed by atoms with Crippen LogP contribution in [0.3, 0.4) is 0 Å². The molecule has 0 spiro atoms. The van der Waals surface area contributed by atoms with Crippen LogP contribution in [0.5, 0.6) is 0 Å². The molecule has 1 rings (SSSR count). The number of amides is 2. The van der Waals surface area contributed by atoms with Crippen molar-refractivity contribution < 1.29 is 9.59 Å². The highest BCUT2D eigenvalue weighted by molar-refractivity contribution is 5.80. The van der Waals surface area contributed by atoms with Crippen LogP contribution in [0.25, 0.3) is 0 Å². The second kappa shape index (κ2) is 7.49. The monoisotopic (exact) mass is 278 g/mol. The molecule has 1 aromatic rings. The number of rotatable bonds is 7. The summed E-state index contributed by atoms with van der Waals surface area (Å²) in [6.07, 6.45) is 0. The summed E-state index contributed by atoms with van der Waals surface area (Å²) in [5, 5.41) is 2.79. The predicted molar refractivity (Wildman–Crippen MR) is 78.6 cm³/mol. The third kappa shape index (κ3) is 6.19. The molecule has 1 aromatic carbocycles. The van der Waals surface area contributed by atoms with Crippen molar-refractivity contribution in [3.05, 3.63) is 29.8 Å². The third-order valence-electron chi connectivity index (χ3n) is 2.58. The van der Waals surface area contributed by atoms with Gasteiger partial charge < -0.3 is 16.8 Å². The Morgan fingerprint density at radius 1 is 1.20 bits per heavy atom. The lowest BCUT2D eigenvalue weighted by molar-refractivity contribution is -0.124. The van der Waals surface area contributed by atoms with Gasteiger partial charge in [-0.25, -0.2) is 0 Å². The molecule has 6 heteroatoms. The summed E-state index contributed by atoms with van der Waals surface area (Å²) in [4.78, 5) is 24.6. The lowest BCUT2D eigenvalue weighted by Gasteiger charge is -2.21. The Balaban J connectivity index is 2.66. The number of primary amides is 1. The fourth-order valence-electron chi connectivity index (χ4n) is 1.84. The summed E-state index contributed by atoms with van der Waals surface area (Å²) in [5.74, 6) is -0.588. The van der Waals surface area contributed by atoms with Crippen LogP contribution >= 0.6 is 0 Å². The van der Waals surface area contributed by atoms with Gasteiger partial charge in [-0.3, -0.25) is 14.5 Å². The van der Waals surface area contributed by atoms with Crippen LogP contribution < -0.4 is 16.8 Å². The first-order valence-electron chi connectivity index (χ1n) is 6.51. The summed E-state index contributed by atoms with van der Waals surface area (Å²) < 4.78 is 0. The smallest absolute Gasteiger partial charge is 0.234 e. The van der Waals surface area contributed by atoms with Crippen LogP contribution in [-0.2, 0) is 16.1 Å². The van der Waals surface area contributed by atoms with Gasteiger partial charge in [-0.2, -0.15) is 0 Å². The van der Waals surface area contributed by atoms with E-state index in [9.17, 15) is 9.59 Å². The normalized spacial score (nSPS) is 10.8. The van der Waals surface area contributed by atoms with Gasteiger partial charge in [0.05, 0.1) is 13.1 Å². The Hall–Kier alpha value is -2.08. The van der Waals surface area contributed by atoms with Crippen LogP contribution in [0.4, 0.5) is 5.69 Å². The number of nitrogens with zero attached hydrogens (tertiary/aromatic N) is 1. The van der Waals surface area contributed by atoms with E-state index >= 15 is 0 Å². The zero-order chi connectivity index (χ0) is 15.1. The molecule has 0 heterocycles. The highest BCUT2D eigenvalue weighted by atomic mass is 16.2. The van der Waals surface area contributed by atoms with Gasteiger partial charge in [-0.05, 0) is 31.5 Å². The van der Waals surface area contributed by atoms with E-state index in [4.69, 9.17) is 11.5 Å². The van der Waals surface area contributed by atoms with Gasteiger partial charge in [0, 0.05) is 18.3 Å². The van der Waals surface area contributed by atoms with Gasteiger partial charge >= 0.3 is 0 Å². The van der Waals surface area contributed by atoms with E-state index in [1.807, 2.05) is 26.0 Å². The zero-order valence-electron chi connectivity index (χ0n) is 11.9. The quantitative estimate of drug-likeness (QED) is 0.615. The van der Waals surface area contributed by atoms with Crippen molar-refractivity contribution in [2.24, 2.45) is 5.73 Å². The number of anilines is 1. The fraction of sp³-hybridized carbons (Fsp3) is 0.429. The number of benzene rings is 1. The number of hydrogen-bond acceptors (Lipinski definition) is 4. The lowest BCUT2D eigenvalue weighted by atomic mass is 10.2.